The van der Waals surface area contributed by atoms with E-state index in [0.29, 0.717) is 11.4 Å². The van der Waals surface area contributed by atoms with Gasteiger partial charge in [-0.05, 0) is 31.5 Å². The zero-order valence-electron chi connectivity index (χ0n) is 13.1. The lowest BCUT2D eigenvalue weighted by Gasteiger charge is -2.10. The summed E-state index contributed by atoms with van der Waals surface area (Å²) in [4.78, 5) is 8.78. The summed E-state index contributed by atoms with van der Waals surface area (Å²) >= 11 is 0. The Morgan fingerprint density at radius 1 is 1.14 bits per heavy atom. The van der Waals surface area contributed by atoms with Gasteiger partial charge < -0.3 is 10.6 Å². The maximum absolute atomic E-state index is 8.94. The normalized spacial score (nSPS) is 10.0. The van der Waals surface area contributed by atoms with E-state index >= 15 is 0 Å². The first-order valence-electron chi connectivity index (χ1n) is 7.58. The van der Waals surface area contributed by atoms with Gasteiger partial charge in [0.25, 0.3) is 0 Å². The molecule has 0 fully saturated rings. The summed E-state index contributed by atoms with van der Waals surface area (Å²) in [5, 5.41) is 15.5. The predicted molar refractivity (Wildman–Crippen MR) is 89.2 cm³/mol. The number of nitrogens with one attached hydrogen (secondary N) is 2. The molecule has 0 bridgehead atoms. The highest BCUT2D eigenvalue weighted by Crippen LogP contribution is 2.18. The van der Waals surface area contributed by atoms with Gasteiger partial charge in [0.05, 0.1) is 11.6 Å². The highest BCUT2D eigenvalue weighted by molar-refractivity contribution is 5.60. The SMILES string of the molecule is CCCCCNc1cc(Nc2cccc(C#N)c2)nc(C)n1. The van der Waals surface area contributed by atoms with E-state index in [1.54, 1.807) is 12.1 Å². The van der Waals surface area contributed by atoms with Gasteiger partial charge in [0, 0.05) is 18.3 Å². The summed E-state index contributed by atoms with van der Waals surface area (Å²) in [6.45, 7) is 4.97. The fourth-order valence-corrected chi connectivity index (χ4v) is 2.13. The lowest BCUT2D eigenvalue weighted by molar-refractivity contribution is 0.742. The van der Waals surface area contributed by atoms with Crippen LogP contribution in [0.25, 0.3) is 0 Å². The molecule has 2 aromatic rings. The summed E-state index contributed by atoms with van der Waals surface area (Å²) in [6.07, 6.45) is 3.54. The zero-order chi connectivity index (χ0) is 15.8. The molecule has 0 amide bonds. The van der Waals surface area contributed by atoms with E-state index in [1.807, 2.05) is 25.1 Å². The van der Waals surface area contributed by atoms with Gasteiger partial charge in [-0.15, -0.1) is 0 Å². The lowest BCUT2D eigenvalue weighted by atomic mass is 10.2. The third-order valence-corrected chi connectivity index (χ3v) is 3.19. The Morgan fingerprint density at radius 2 is 1.95 bits per heavy atom. The molecular formula is C17H21N5. The molecule has 0 atom stereocenters. The average Bonchev–Trinajstić information content (AvgIpc) is 2.51. The summed E-state index contributed by atoms with van der Waals surface area (Å²) in [5.74, 6) is 2.25. The smallest absolute Gasteiger partial charge is 0.136 e. The van der Waals surface area contributed by atoms with E-state index < -0.39 is 0 Å². The van der Waals surface area contributed by atoms with Crippen LogP contribution in [-0.2, 0) is 0 Å². The largest absolute Gasteiger partial charge is 0.370 e. The van der Waals surface area contributed by atoms with E-state index in [-0.39, 0.29) is 0 Å². The van der Waals surface area contributed by atoms with Crippen LogP contribution in [0.15, 0.2) is 30.3 Å². The molecule has 2 N–H and O–H groups in total. The number of aryl methyl sites for hydroxylation is 1. The molecule has 0 saturated heterocycles. The number of hydrogen-bond donors (Lipinski definition) is 2. The van der Waals surface area contributed by atoms with E-state index in [2.05, 4.69) is 33.6 Å². The van der Waals surface area contributed by atoms with E-state index in [4.69, 9.17) is 5.26 Å². The maximum atomic E-state index is 8.94. The number of unbranched alkanes of at least 4 members (excludes halogenated alkanes) is 2. The Hall–Kier alpha value is -2.61. The van der Waals surface area contributed by atoms with Crippen LogP contribution in [0.5, 0.6) is 0 Å². The van der Waals surface area contributed by atoms with Crippen LogP contribution in [0.2, 0.25) is 0 Å². The Kier molecular flexibility index (Phi) is 5.73. The van der Waals surface area contributed by atoms with Crippen molar-refractivity contribution in [3.05, 3.63) is 41.7 Å². The van der Waals surface area contributed by atoms with E-state index in [0.717, 1.165) is 30.3 Å². The average molecular weight is 295 g/mol. The fraction of sp³-hybridized carbons (Fsp3) is 0.353. The van der Waals surface area contributed by atoms with Crippen molar-refractivity contribution in [2.24, 2.45) is 0 Å². The van der Waals surface area contributed by atoms with Crippen LogP contribution >= 0.6 is 0 Å². The minimum absolute atomic E-state index is 0.619. The van der Waals surface area contributed by atoms with Crippen molar-refractivity contribution < 1.29 is 0 Å². The minimum Gasteiger partial charge on any atom is -0.370 e. The monoisotopic (exact) mass is 295 g/mol. The minimum atomic E-state index is 0.619. The Bertz CT molecular complexity index is 660. The van der Waals surface area contributed by atoms with Crippen molar-refractivity contribution >= 4 is 17.3 Å². The molecule has 22 heavy (non-hydrogen) atoms. The molecule has 114 valence electrons. The fourth-order valence-electron chi connectivity index (χ4n) is 2.13. The topological polar surface area (TPSA) is 73.6 Å². The van der Waals surface area contributed by atoms with Crippen LogP contribution in [0.3, 0.4) is 0 Å². The third-order valence-electron chi connectivity index (χ3n) is 3.19. The Balaban J connectivity index is 2.07. The molecule has 0 aliphatic rings. The molecule has 0 unspecified atom stereocenters. The van der Waals surface area contributed by atoms with Crippen LogP contribution in [0, 0.1) is 18.3 Å². The maximum Gasteiger partial charge on any atom is 0.136 e. The Morgan fingerprint density at radius 3 is 2.73 bits per heavy atom. The van der Waals surface area contributed by atoms with Crippen molar-refractivity contribution in [2.75, 3.05) is 17.2 Å². The van der Waals surface area contributed by atoms with Gasteiger partial charge in [-0.1, -0.05) is 25.8 Å². The standard InChI is InChI=1S/C17H21N5/c1-3-4-5-9-19-16-11-17(21-13(2)20-16)22-15-8-6-7-14(10-15)12-18/h6-8,10-11H,3-5,9H2,1-2H3,(H2,19,20,21,22). The second-order valence-electron chi connectivity index (χ2n) is 5.14. The third kappa shape index (κ3) is 4.74. The van der Waals surface area contributed by atoms with Crippen LogP contribution in [0.1, 0.15) is 37.6 Å². The number of hydrogen-bond acceptors (Lipinski definition) is 5. The lowest BCUT2D eigenvalue weighted by Crippen LogP contribution is -2.06. The van der Waals surface area contributed by atoms with Gasteiger partial charge in [0.15, 0.2) is 0 Å². The molecule has 2 rings (SSSR count). The summed E-state index contributed by atoms with van der Waals surface area (Å²) in [6, 6.07) is 11.3. The van der Waals surface area contributed by atoms with Crippen LogP contribution < -0.4 is 10.6 Å². The molecule has 0 aliphatic heterocycles. The number of benzene rings is 1. The zero-order valence-corrected chi connectivity index (χ0v) is 13.1. The molecule has 0 saturated carbocycles. The molecule has 0 radical (unpaired) electrons. The number of rotatable bonds is 7. The predicted octanol–water partition coefficient (Wildman–Crippen LogP) is 4.00. The van der Waals surface area contributed by atoms with Gasteiger partial charge >= 0.3 is 0 Å². The molecule has 5 nitrogen and oxygen atoms in total. The molecule has 1 aromatic carbocycles. The summed E-state index contributed by atoms with van der Waals surface area (Å²) in [5.41, 5.74) is 1.46. The first kappa shape index (κ1) is 15.8. The molecule has 1 aromatic heterocycles. The second-order valence-corrected chi connectivity index (χ2v) is 5.14. The van der Waals surface area contributed by atoms with Crippen molar-refractivity contribution in [1.29, 1.82) is 5.26 Å². The Labute approximate surface area is 131 Å². The molecule has 5 heteroatoms. The highest BCUT2D eigenvalue weighted by atomic mass is 15.1. The van der Waals surface area contributed by atoms with Gasteiger partial charge in [-0.25, -0.2) is 9.97 Å². The quantitative estimate of drug-likeness (QED) is 0.755. The first-order valence-corrected chi connectivity index (χ1v) is 7.58. The van der Waals surface area contributed by atoms with Crippen LogP contribution in [0.4, 0.5) is 17.3 Å². The summed E-state index contributed by atoms with van der Waals surface area (Å²) < 4.78 is 0. The van der Waals surface area contributed by atoms with Crippen LogP contribution in [-0.4, -0.2) is 16.5 Å². The van der Waals surface area contributed by atoms with E-state index in [9.17, 15) is 0 Å². The number of anilines is 3. The molecule has 1 heterocycles. The van der Waals surface area contributed by atoms with Gasteiger partial charge in [0.1, 0.15) is 17.5 Å². The van der Waals surface area contributed by atoms with Crippen molar-refractivity contribution in [3.63, 3.8) is 0 Å². The summed E-state index contributed by atoms with van der Waals surface area (Å²) in [7, 11) is 0. The molecule has 0 spiro atoms. The molecule has 0 aliphatic carbocycles. The highest BCUT2D eigenvalue weighted by Gasteiger charge is 2.03. The van der Waals surface area contributed by atoms with E-state index in [1.165, 1.54) is 12.8 Å². The number of nitrogens with zero attached hydrogens (tertiary/aromatic N) is 3. The second kappa shape index (κ2) is 7.99. The number of aromatic nitrogens is 2. The van der Waals surface area contributed by atoms with Gasteiger partial charge in [-0.3, -0.25) is 0 Å². The van der Waals surface area contributed by atoms with Gasteiger partial charge in [-0.2, -0.15) is 5.26 Å². The number of nitriles is 1. The van der Waals surface area contributed by atoms with Crippen molar-refractivity contribution in [3.8, 4) is 6.07 Å². The van der Waals surface area contributed by atoms with Crippen molar-refractivity contribution in [1.82, 2.24) is 9.97 Å². The molecular weight excluding hydrogens is 274 g/mol. The van der Waals surface area contributed by atoms with Gasteiger partial charge in [0.2, 0.25) is 0 Å². The van der Waals surface area contributed by atoms with Crippen molar-refractivity contribution in [2.45, 2.75) is 33.1 Å². The first-order chi connectivity index (χ1) is 10.7.